The number of aromatic nitrogens is 2. The number of carbonyl (C=O) groups excluding carboxylic acids is 1. The Bertz CT molecular complexity index is 801. The molecule has 1 aromatic heterocycles. The van der Waals surface area contributed by atoms with Crippen molar-refractivity contribution in [1.82, 2.24) is 25.3 Å². The summed E-state index contributed by atoms with van der Waals surface area (Å²) in [6.45, 7) is 7.36. The van der Waals surface area contributed by atoms with Gasteiger partial charge in [-0.3, -0.25) is 14.6 Å². The van der Waals surface area contributed by atoms with Crippen LogP contribution >= 0.6 is 0 Å². The van der Waals surface area contributed by atoms with E-state index < -0.39 is 0 Å². The Labute approximate surface area is 178 Å². The van der Waals surface area contributed by atoms with Gasteiger partial charge in [0.2, 0.25) is 17.7 Å². The van der Waals surface area contributed by atoms with Gasteiger partial charge in [0.1, 0.15) is 0 Å². The largest absolute Gasteiger partial charge is 0.424 e. The summed E-state index contributed by atoms with van der Waals surface area (Å²) in [6, 6.07) is 10.9. The number of nitrogens with zero attached hydrogens (tertiary/aromatic N) is 4. The van der Waals surface area contributed by atoms with Gasteiger partial charge in [-0.1, -0.05) is 30.3 Å². The summed E-state index contributed by atoms with van der Waals surface area (Å²) < 4.78 is 5.51. The van der Waals surface area contributed by atoms with Crippen molar-refractivity contribution in [3.63, 3.8) is 0 Å². The van der Waals surface area contributed by atoms with E-state index in [-0.39, 0.29) is 11.8 Å². The molecule has 0 aliphatic carbocycles. The number of nitrogens with one attached hydrogen (secondary N) is 1. The van der Waals surface area contributed by atoms with E-state index in [1.807, 2.05) is 25.1 Å². The molecule has 1 N–H and O–H groups in total. The molecule has 162 valence electrons. The summed E-state index contributed by atoms with van der Waals surface area (Å²) in [7, 11) is 0. The second kappa shape index (κ2) is 10.2. The SMILES string of the molecule is Cc1nnc(CN2CCC(N3CCCC(C(=O)NCCc4ccccc4)C3)CC2)o1. The molecule has 2 aromatic rings. The van der Waals surface area contributed by atoms with E-state index in [1.165, 1.54) is 5.56 Å². The van der Waals surface area contributed by atoms with Crippen molar-refractivity contribution < 1.29 is 9.21 Å². The van der Waals surface area contributed by atoms with Crippen LogP contribution in [0.3, 0.4) is 0 Å². The third-order valence-corrected chi connectivity index (χ3v) is 6.38. The van der Waals surface area contributed by atoms with Crippen molar-refractivity contribution in [3.8, 4) is 0 Å². The van der Waals surface area contributed by atoms with Gasteiger partial charge in [0.05, 0.1) is 12.5 Å². The second-order valence-electron chi connectivity index (χ2n) is 8.58. The number of rotatable bonds is 7. The molecule has 4 rings (SSSR count). The van der Waals surface area contributed by atoms with Crippen LogP contribution in [-0.4, -0.2) is 64.7 Å². The molecular weight excluding hydrogens is 378 g/mol. The van der Waals surface area contributed by atoms with Crippen molar-refractivity contribution >= 4 is 5.91 Å². The van der Waals surface area contributed by atoms with E-state index >= 15 is 0 Å². The Balaban J connectivity index is 1.19. The topological polar surface area (TPSA) is 74.5 Å². The maximum atomic E-state index is 12.7. The highest BCUT2D eigenvalue weighted by Gasteiger charge is 2.31. The van der Waals surface area contributed by atoms with Crippen LogP contribution < -0.4 is 5.32 Å². The third kappa shape index (κ3) is 5.67. The number of carbonyl (C=O) groups is 1. The molecule has 7 nitrogen and oxygen atoms in total. The molecule has 0 spiro atoms. The minimum Gasteiger partial charge on any atom is -0.424 e. The molecule has 1 amide bonds. The number of hydrogen-bond donors (Lipinski definition) is 1. The van der Waals surface area contributed by atoms with Crippen LogP contribution in [0.25, 0.3) is 0 Å². The first kappa shape index (κ1) is 21.0. The number of piperidine rings is 2. The summed E-state index contributed by atoms with van der Waals surface area (Å²) in [5.74, 6) is 1.67. The van der Waals surface area contributed by atoms with Gasteiger partial charge in [-0.15, -0.1) is 10.2 Å². The minimum atomic E-state index is 0.119. The Kier molecular flexibility index (Phi) is 7.12. The highest BCUT2D eigenvalue weighted by atomic mass is 16.4. The van der Waals surface area contributed by atoms with Gasteiger partial charge in [-0.25, -0.2) is 0 Å². The molecule has 1 aromatic carbocycles. The lowest BCUT2D eigenvalue weighted by Gasteiger charge is -2.41. The number of benzene rings is 1. The van der Waals surface area contributed by atoms with Crippen LogP contribution in [0, 0.1) is 12.8 Å². The molecule has 0 radical (unpaired) electrons. The third-order valence-electron chi connectivity index (χ3n) is 6.38. The summed E-state index contributed by atoms with van der Waals surface area (Å²) in [5, 5.41) is 11.2. The number of likely N-dealkylation sites (tertiary alicyclic amines) is 2. The van der Waals surface area contributed by atoms with Gasteiger partial charge in [-0.2, -0.15) is 0 Å². The zero-order chi connectivity index (χ0) is 20.8. The van der Waals surface area contributed by atoms with Crippen molar-refractivity contribution in [1.29, 1.82) is 0 Å². The molecule has 2 saturated heterocycles. The van der Waals surface area contributed by atoms with E-state index in [0.717, 1.165) is 64.8 Å². The Morgan fingerprint density at radius 1 is 1.13 bits per heavy atom. The number of aryl methyl sites for hydroxylation is 1. The highest BCUT2D eigenvalue weighted by molar-refractivity contribution is 5.79. The van der Waals surface area contributed by atoms with Crippen LogP contribution in [0.1, 0.15) is 43.0 Å². The van der Waals surface area contributed by atoms with Crippen molar-refractivity contribution in [2.45, 2.75) is 51.6 Å². The average Bonchev–Trinajstić information content (AvgIpc) is 3.19. The van der Waals surface area contributed by atoms with Gasteiger partial charge in [-0.05, 0) is 44.2 Å². The quantitative estimate of drug-likeness (QED) is 0.754. The molecule has 0 bridgehead atoms. The molecule has 2 aliphatic heterocycles. The fourth-order valence-corrected chi connectivity index (χ4v) is 4.71. The van der Waals surface area contributed by atoms with Crippen LogP contribution in [0.4, 0.5) is 0 Å². The van der Waals surface area contributed by atoms with Crippen LogP contribution in [0.15, 0.2) is 34.7 Å². The minimum absolute atomic E-state index is 0.119. The smallest absolute Gasteiger partial charge is 0.230 e. The maximum absolute atomic E-state index is 12.7. The van der Waals surface area contributed by atoms with Gasteiger partial charge in [0.15, 0.2) is 0 Å². The van der Waals surface area contributed by atoms with Gasteiger partial charge in [0.25, 0.3) is 0 Å². The molecule has 1 atom stereocenters. The molecule has 1 unspecified atom stereocenters. The molecule has 30 heavy (non-hydrogen) atoms. The molecule has 3 heterocycles. The summed E-state index contributed by atoms with van der Waals surface area (Å²) in [6.07, 6.45) is 5.27. The first-order valence-corrected chi connectivity index (χ1v) is 11.2. The monoisotopic (exact) mass is 411 g/mol. The molecule has 7 heteroatoms. The Hall–Kier alpha value is -2.25. The Morgan fingerprint density at radius 3 is 2.67 bits per heavy atom. The summed E-state index contributed by atoms with van der Waals surface area (Å²) >= 11 is 0. The van der Waals surface area contributed by atoms with Crippen molar-refractivity contribution in [3.05, 3.63) is 47.7 Å². The van der Waals surface area contributed by atoms with E-state index in [2.05, 4.69) is 37.4 Å². The first-order valence-electron chi connectivity index (χ1n) is 11.2. The standard InChI is InChI=1S/C23H33N5O2/c1-18-25-26-22(30-18)17-27-14-10-21(11-15-27)28-13-5-8-20(16-28)23(29)24-12-9-19-6-3-2-4-7-19/h2-4,6-7,20-21H,5,8-17H2,1H3,(H,24,29). The molecule has 0 saturated carbocycles. The van der Waals surface area contributed by atoms with E-state index in [1.54, 1.807) is 0 Å². The van der Waals surface area contributed by atoms with Gasteiger partial charge >= 0.3 is 0 Å². The van der Waals surface area contributed by atoms with Crippen LogP contribution in [-0.2, 0) is 17.8 Å². The lowest BCUT2D eigenvalue weighted by molar-refractivity contribution is -0.127. The number of hydrogen-bond acceptors (Lipinski definition) is 6. The van der Waals surface area contributed by atoms with E-state index in [0.29, 0.717) is 24.4 Å². The molecule has 2 fully saturated rings. The summed E-state index contributed by atoms with van der Waals surface area (Å²) in [5.41, 5.74) is 1.27. The van der Waals surface area contributed by atoms with Crippen molar-refractivity contribution in [2.75, 3.05) is 32.7 Å². The molecular formula is C23H33N5O2. The van der Waals surface area contributed by atoms with Crippen LogP contribution in [0.5, 0.6) is 0 Å². The van der Waals surface area contributed by atoms with Gasteiger partial charge < -0.3 is 9.73 Å². The lowest BCUT2D eigenvalue weighted by atomic mass is 9.93. The fraction of sp³-hybridized carbons (Fsp3) is 0.609. The highest BCUT2D eigenvalue weighted by Crippen LogP contribution is 2.24. The average molecular weight is 412 g/mol. The normalized spacial score (nSPS) is 21.6. The van der Waals surface area contributed by atoms with Gasteiger partial charge in [0, 0.05) is 39.1 Å². The lowest BCUT2D eigenvalue weighted by Crippen LogP contribution is -2.50. The number of amides is 1. The Morgan fingerprint density at radius 2 is 1.93 bits per heavy atom. The zero-order valence-corrected chi connectivity index (χ0v) is 17.9. The zero-order valence-electron chi connectivity index (χ0n) is 17.9. The second-order valence-corrected chi connectivity index (χ2v) is 8.58. The first-order chi connectivity index (χ1) is 14.7. The summed E-state index contributed by atoms with van der Waals surface area (Å²) in [4.78, 5) is 17.6. The van der Waals surface area contributed by atoms with Crippen LogP contribution in [0.2, 0.25) is 0 Å². The predicted octanol–water partition coefficient (Wildman–Crippen LogP) is 2.41. The fourth-order valence-electron chi connectivity index (χ4n) is 4.71. The maximum Gasteiger partial charge on any atom is 0.230 e. The van der Waals surface area contributed by atoms with Crippen molar-refractivity contribution in [2.24, 2.45) is 5.92 Å². The van der Waals surface area contributed by atoms with E-state index in [4.69, 9.17) is 4.42 Å². The van der Waals surface area contributed by atoms with E-state index in [9.17, 15) is 4.79 Å². The predicted molar refractivity (Wildman–Crippen MR) is 115 cm³/mol. The molecule has 2 aliphatic rings.